The second kappa shape index (κ2) is 13.3. The fourth-order valence-corrected chi connectivity index (χ4v) is 5.53. The molecule has 2 unspecified atom stereocenters. The minimum atomic E-state index is -0.433. The maximum absolute atomic E-state index is 12.7. The number of rotatable bonds is 6. The number of hydrogen-bond donors (Lipinski definition) is 1. The van der Waals surface area contributed by atoms with Gasteiger partial charge in [-0.25, -0.2) is 0 Å². The van der Waals surface area contributed by atoms with Crippen molar-refractivity contribution in [3.63, 3.8) is 0 Å². The third-order valence-corrected chi connectivity index (χ3v) is 7.89. The molecule has 2 atom stereocenters. The van der Waals surface area contributed by atoms with Crippen molar-refractivity contribution in [2.75, 3.05) is 39.3 Å². The van der Waals surface area contributed by atoms with Gasteiger partial charge in [-0.3, -0.25) is 19.3 Å². The van der Waals surface area contributed by atoms with Crippen molar-refractivity contribution in [1.29, 1.82) is 0 Å². The predicted octanol–water partition coefficient (Wildman–Crippen LogP) is 0.104. The molecule has 2 saturated heterocycles. The zero-order valence-electron chi connectivity index (χ0n) is 21.7. The summed E-state index contributed by atoms with van der Waals surface area (Å²) in [6.07, 6.45) is 6.96. The fraction of sp³-hybridized carbons (Fsp3) is 0.607. The molecule has 2 amide bonds. The first-order valence-electron chi connectivity index (χ1n) is 13.0. The van der Waals surface area contributed by atoms with Crippen LogP contribution in [0.15, 0.2) is 18.2 Å². The van der Waals surface area contributed by atoms with E-state index in [-0.39, 0.29) is 42.5 Å². The van der Waals surface area contributed by atoms with Gasteiger partial charge in [0.05, 0.1) is 12.6 Å². The van der Waals surface area contributed by atoms with Crippen molar-refractivity contribution in [3.8, 4) is 0 Å². The van der Waals surface area contributed by atoms with Gasteiger partial charge in [-0.15, -0.1) is 13.1 Å². The number of Topliss-reactive ketones (excluding diaryl/α,β-unsaturated/α-hetero) is 1. The van der Waals surface area contributed by atoms with Crippen LogP contribution in [0.1, 0.15) is 72.1 Å². The number of ketones is 1. The van der Waals surface area contributed by atoms with Crippen LogP contribution >= 0.6 is 0 Å². The van der Waals surface area contributed by atoms with Crippen LogP contribution in [0, 0.1) is 25.8 Å². The van der Waals surface area contributed by atoms with E-state index < -0.39 is 5.60 Å². The van der Waals surface area contributed by atoms with Gasteiger partial charge in [0.25, 0.3) is 0 Å². The minimum absolute atomic E-state index is 0. The van der Waals surface area contributed by atoms with E-state index in [1.807, 2.05) is 0 Å². The summed E-state index contributed by atoms with van der Waals surface area (Å²) in [5.41, 5.74) is 0.391. The SMILES string of the molecule is O=C1CCCC2(CO2)C(N2C(=O)c3c[c-]ccc3C2=O)CC1.[CH2-]CN(C[CH2-])CCC1CCNCC1.[Li+]. The Hall–Kier alpha value is -1.49. The zero-order chi connectivity index (χ0) is 24.8. The molecule has 192 valence electrons. The third kappa shape index (κ3) is 6.68. The van der Waals surface area contributed by atoms with E-state index in [2.05, 4.69) is 30.1 Å². The average molecular weight is 488 g/mol. The Kier molecular flexibility index (Phi) is 10.8. The molecule has 1 aromatic carbocycles. The number of nitrogens with one attached hydrogen (secondary N) is 1. The summed E-state index contributed by atoms with van der Waals surface area (Å²) < 4.78 is 5.66. The molecule has 5 rings (SSSR count). The van der Waals surface area contributed by atoms with Crippen molar-refractivity contribution < 1.29 is 38.0 Å². The summed E-state index contributed by atoms with van der Waals surface area (Å²) in [5.74, 6) is 0.568. The Balaban J connectivity index is 0.000000223. The van der Waals surface area contributed by atoms with Gasteiger partial charge in [0.2, 0.25) is 11.8 Å². The standard InChI is InChI=1S/C17H16NO4.C11H22N2.Li/c19-11-4-3-9-17(10-22-17)14(8-7-11)18-15(20)12-5-1-2-6-13(12)16(18)21;1-3-13(4-2)10-7-11-5-8-12-9-6-11;/h1,5-6,14H,3-4,7-10H2;11-12H,1-10H2;/q-1;-2;+1. The van der Waals surface area contributed by atoms with Crippen LogP contribution in [0.5, 0.6) is 0 Å². The zero-order valence-corrected chi connectivity index (χ0v) is 21.7. The molecule has 3 aliphatic heterocycles. The Morgan fingerprint density at radius 2 is 1.78 bits per heavy atom. The van der Waals surface area contributed by atoms with Gasteiger partial charge in [-0.2, -0.15) is 24.3 Å². The molecule has 7 nitrogen and oxygen atoms in total. The number of fused-ring (bicyclic) bond motifs is 1. The number of ether oxygens (including phenoxy) is 1. The normalized spacial score (nSPS) is 26.1. The van der Waals surface area contributed by atoms with E-state index in [4.69, 9.17) is 4.74 Å². The van der Waals surface area contributed by atoms with Crippen LogP contribution in [-0.4, -0.2) is 78.4 Å². The number of amides is 2. The van der Waals surface area contributed by atoms with Crippen LogP contribution < -0.4 is 24.2 Å². The third-order valence-electron chi connectivity index (χ3n) is 7.89. The van der Waals surface area contributed by atoms with Crippen LogP contribution in [-0.2, 0) is 9.53 Å². The van der Waals surface area contributed by atoms with Crippen molar-refractivity contribution >= 4 is 17.6 Å². The second-order valence-corrected chi connectivity index (χ2v) is 10.1. The molecule has 0 bridgehead atoms. The summed E-state index contributed by atoms with van der Waals surface area (Å²) in [6.45, 7) is 13.7. The molecular formula is C28H38LiN3O4-2. The van der Waals surface area contributed by atoms with E-state index in [1.54, 1.807) is 18.2 Å². The summed E-state index contributed by atoms with van der Waals surface area (Å²) in [4.78, 5) is 40.7. The van der Waals surface area contributed by atoms with E-state index in [9.17, 15) is 14.4 Å². The molecule has 3 heterocycles. The number of epoxide rings is 1. The molecule has 1 N–H and O–H groups in total. The molecule has 36 heavy (non-hydrogen) atoms. The van der Waals surface area contributed by atoms with Gasteiger partial charge >= 0.3 is 18.9 Å². The molecule has 1 spiro atoms. The Bertz CT molecular complexity index is 875. The smallest absolute Gasteiger partial charge is 0.367 e. The summed E-state index contributed by atoms with van der Waals surface area (Å²) in [7, 11) is 0. The molecule has 8 heteroatoms. The van der Waals surface area contributed by atoms with E-state index >= 15 is 0 Å². The Morgan fingerprint density at radius 1 is 1.08 bits per heavy atom. The maximum atomic E-state index is 12.7. The average Bonchev–Trinajstić information content (AvgIpc) is 3.63. The van der Waals surface area contributed by atoms with Crippen LogP contribution in [0.25, 0.3) is 0 Å². The molecule has 0 aromatic heterocycles. The van der Waals surface area contributed by atoms with Crippen molar-refractivity contribution in [1.82, 2.24) is 15.1 Å². The van der Waals surface area contributed by atoms with Crippen molar-refractivity contribution in [2.24, 2.45) is 5.92 Å². The number of piperidine rings is 1. The number of carbonyl (C=O) groups excluding carboxylic acids is 3. The fourth-order valence-electron chi connectivity index (χ4n) is 5.53. The van der Waals surface area contributed by atoms with E-state index in [1.165, 1.54) is 43.8 Å². The van der Waals surface area contributed by atoms with Crippen molar-refractivity contribution in [2.45, 2.75) is 63.0 Å². The predicted molar refractivity (Wildman–Crippen MR) is 134 cm³/mol. The summed E-state index contributed by atoms with van der Waals surface area (Å²) in [5, 5.41) is 3.39. The summed E-state index contributed by atoms with van der Waals surface area (Å²) in [6, 6.07) is 7.33. The largest absolute Gasteiger partial charge is 1.00 e. The Labute approximate surface area is 227 Å². The maximum Gasteiger partial charge on any atom is 1.00 e. The number of imide groups is 1. The molecule has 3 fully saturated rings. The second-order valence-electron chi connectivity index (χ2n) is 10.1. The Morgan fingerprint density at radius 3 is 2.42 bits per heavy atom. The van der Waals surface area contributed by atoms with Crippen LogP contribution in [0.3, 0.4) is 0 Å². The van der Waals surface area contributed by atoms with Gasteiger partial charge < -0.3 is 28.8 Å². The number of nitrogens with zero attached hydrogens (tertiary/aromatic N) is 2. The van der Waals surface area contributed by atoms with Gasteiger partial charge in [0.15, 0.2) is 0 Å². The first-order chi connectivity index (χ1) is 17.0. The van der Waals surface area contributed by atoms with E-state index in [0.717, 1.165) is 31.8 Å². The van der Waals surface area contributed by atoms with Crippen molar-refractivity contribution in [3.05, 3.63) is 49.2 Å². The van der Waals surface area contributed by atoms with Crippen LogP contribution in [0.2, 0.25) is 0 Å². The molecule has 1 aliphatic carbocycles. The first-order valence-corrected chi connectivity index (χ1v) is 13.0. The van der Waals surface area contributed by atoms with Gasteiger partial charge in [0, 0.05) is 12.8 Å². The number of benzene rings is 1. The van der Waals surface area contributed by atoms with E-state index in [0.29, 0.717) is 37.0 Å². The molecule has 1 saturated carbocycles. The number of carbonyl (C=O) groups is 3. The minimum Gasteiger partial charge on any atom is -0.367 e. The molecule has 0 radical (unpaired) electrons. The molecular weight excluding hydrogens is 449 g/mol. The van der Waals surface area contributed by atoms with Gasteiger partial charge in [-0.05, 0) is 64.1 Å². The monoisotopic (exact) mass is 487 g/mol. The van der Waals surface area contributed by atoms with Gasteiger partial charge in [-0.1, -0.05) is 11.1 Å². The molecule has 1 aromatic rings. The summed E-state index contributed by atoms with van der Waals surface area (Å²) >= 11 is 0. The first kappa shape index (κ1) is 29.1. The van der Waals surface area contributed by atoms with Gasteiger partial charge in [0.1, 0.15) is 11.4 Å². The topological polar surface area (TPSA) is 82.2 Å². The van der Waals surface area contributed by atoms with Crippen LogP contribution in [0.4, 0.5) is 0 Å². The number of hydrogen-bond acceptors (Lipinski definition) is 6. The molecule has 4 aliphatic rings. The quantitative estimate of drug-likeness (QED) is 0.265.